The van der Waals surface area contributed by atoms with Crippen molar-refractivity contribution in [1.29, 1.82) is 0 Å². The van der Waals surface area contributed by atoms with Crippen molar-refractivity contribution in [1.82, 2.24) is 4.90 Å². The number of methoxy groups -OCH3 is 1. The third-order valence-electron chi connectivity index (χ3n) is 5.44. The first-order chi connectivity index (χ1) is 13.8. The molecule has 9 heteroatoms. The Hall–Kier alpha value is -2.42. The summed E-state index contributed by atoms with van der Waals surface area (Å²) in [6.45, 7) is 6.41. The number of nitrogens with zero attached hydrogens (tertiary/aromatic N) is 1. The Balaban J connectivity index is 2.39. The SMILES string of the molecule is CCN(CC)C(=O)c1sc(NC(=O)[C@H]2CCCC[C@H]2C(=O)O)c(C(=O)OC)c1C. The van der Waals surface area contributed by atoms with Crippen LogP contribution in [-0.2, 0) is 14.3 Å². The molecule has 2 atom stereocenters. The lowest BCUT2D eigenvalue weighted by Crippen LogP contribution is -2.36. The van der Waals surface area contributed by atoms with Gasteiger partial charge in [0.2, 0.25) is 5.91 Å². The summed E-state index contributed by atoms with van der Waals surface area (Å²) >= 11 is 1.03. The molecular formula is C20H28N2O6S. The number of rotatable bonds is 7. The van der Waals surface area contributed by atoms with Crippen molar-refractivity contribution < 1.29 is 29.0 Å². The monoisotopic (exact) mass is 424 g/mol. The molecule has 0 aromatic carbocycles. The topological polar surface area (TPSA) is 113 Å². The van der Waals surface area contributed by atoms with Gasteiger partial charge in [0.1, 0.15) is 5.00 Å². The number of hydrogen-bond donors (Lipinski definition) is 2. The minimum Gasteiger partial charge on any atom is -0.481 e. The first kappa shape index (κ1) is 22.9. The van der Waals surface area contributed by atoms with Crippen LogP contribution in [0.2, 0.25) is 0 Å². The zero-order valence-corrected chi connectivity index (χ0v) is 18.1. The number of anilines is 1. The number of amides is 2. The lowest BCUT2D eigenvalue weighted by molar-refractivity contribution is -0.147. The molecule has 0 radical (unpaired) electrons. The molecule has 1 heterocycles. The van der Waals surface area contributed by atoms with E-state index in [1.54, 1.807) is 11.8 Å². The standard InChI is InChI=1S/C20H28N2O6S/c1-5-22(6-2)18(24)15-11(3)14(20(27)28-4)17(29-15)21-16(23)12-9-7-8-10-13(12)19(25)26/h12-13H,5-10H2,1-4H3,(H,21,23)(H,25,26)/t12-,13+/m0/s1. The molecule has 8 nitrogen and oxygen atoms in total. The van der Waals surface area contributed by atoms with Gasteiger partial charge < -0.3 is 20.1 Å². The van der Waals surface area contributed by atoms with Crippen molar-refractivity contribution in [3.8, 4) is 0 Å². The lowest BCUT2D eigenvalue weighted by Gasteiger charge is -2.27. The highest BCUT2D eigenvalue weighted by Crippen LogP contribution is 2.37. The van der Waals surface area contributed by atoms with Crippen LogP contribution in [0, 0.1) is 18.8 Å². The second-order valence-electron chi connectivity index (χ2n) is 7.05. The molecule has 2 N–H and O–H groups in total. The van der Waals surface area contributed by atoms with E-state index in [2.05, 4.69) is 5.32 Å². The Labute approximate surface area is 174 Å². The van der Waals surface area contributed by atoms with Gasteiger partial charge in [0.25, 0.3) is 5.91 Å². The summed E-state index contributed by atoms with van der Waals surface area (Å²) in [7, 11) is 1.23. The summed E-state index contributed by atoms with van der Waals surface area (Å²) in [5, 5.41) is 12.4. The summed E-state index contributed by atoms with van der Waals surface area (Å²) in [6.07, 6.45) is 2.48. The van der Waals surface area contributed by atoms with Crippen LogP contribution in [0.1, 0.15) is 65.1 Å². The van der Waals surface area contributed by atoms with Gasteiger partial charge in [-0.15, -0.1) is 11.3 Å². The van der Waals surface area contributed by atoms with E-state index in [1.807, 2.05) is 13.8 Å². The molecule has 1 aromatic rings. The molecule has 29 heavy (non-hydrogen) atoms. The highest BCUT2D eigenvalue weighted by atomic mass is 32.1. The number of thiophene rings is 1. The summed E-state index contributed by atoms with van der Waals surface area (Å²) in [6, 6.07) is 0. The normalized spacial score (nSPS) is 18.8. The fraction of sp³-hybridized carbons (Fsp3) is 0.600. The van der Waals surface area contributed by atoms with Gasteiger partial charge >= 0.3 is 11.9 Å². The zero-order chi connectivity index (χ0) is 21.7. The van der Waals surface area contributed by atoms with E-state index in [-0.39, 0.29) is 16.5 Å². The van der Waals surface area contributed by atoms with E-state index in [9.17, 15) is 24.3 Å². The van der Waals surface area contributed by atoms with Gasteiger partial charge in [0.05, 0.1) is 29.4 Å². The van der Waals surface area contributed by atoms with E-state index in [0.717, 1.165) is 24.2 Å². The number of carboxylic acid groups (broad SMARTS) is 1. The van der Waals surface area contributed by atoms with E-state index in [4.69, 9.17) is 4.74 Å². The maximum atomic E-state index is 12.9. The molecular weight excluding hydrogens is 396 g/mol. The molecule has 2 rings (SSSR count). The lowest BCUT2D eigenvalue weighted by atomic mass is 9.79. The van der Waals surface area contributed by atoms with Gasteiger partial charge in [-0.3, -0.25) is 14.4 Å². The van der Waals surface area contributed by atoms with E-state index >= 15 is 0 Å². The first-order valence-corrected chi connectivity index (χ1v) is 10.6. The molecule has 160 valence electrons. The number of ether oxygens (including phenoxy) is 1. The second kappa shape index (κ2) is 9.87. The van der Waals surface area contributed by atoms with Crippen molar-refractivity contribution in [2.45, 2.75) is 46.5 Å². The summed E-state index contributed by atoms with van der Waals surface area (Å²) < 4.78 is 4.85. The van der Waals surface area contributed by atoms with Crippen LogP contribution in [-0.4, -0.2) is 54.0 Å². The highest BCUT2D eigenvalue weighted by Gasteiger charge is 2.37. The van der Waals surface area contributed by atoms with Gasteiger partial charge in [0.15, 0.2) is 0 Å². The molecule has 0 spiro atoms. The number of nitrogens with one attached hydrogen (secondary N) is 1. The van der Waals surface area contributed by atoms with Crippen LogP contribution in [0.4, 0.5) is 5.00 Å². The summed E-state index contributed by atoms with van der Waals surface area (Å²) in [5.74, 6) is -3.71. The fourth-order valence-corrected chi connectivity index (χ4v) is 4.92. The van der Waals surface area contributed by atoms with Gasteiger partial charge in [-0.25, -0.2) is 4.79 Å². The minimum absolute atomic E-state index is 0.143. The van der Waals surface area contributed by atoms with Crippen LogP contribution in [0.25, 0.3) is 0 Å². The number of carboxylic acids is 1. The molecule has 2 amide bonds. The fourth-order valence-electron chi connectivity index (χ4n) is 3.75. The van der Waals surface area contributed by atoms with Crippen molar-refractivity contribution in [3.05, 3.63) is 16.0 Å². The number of aliphatic carboxylic acids is 1. The van der Waals surface area contributed by atoms with Gasteiger partial charge in [-0.2, -0.15) is 0 Å². The van der Waals surface area contributed by atoms with Crippen molar-refractivity contribution in [3.63, 3.8) is 0 Å². The van der Waals surface area contributed by atoms with E-state index in [0.29, 0.717) is 36.4 Å². The quantitative estimate of drug-likeness (QED) is 0.650. The Kier molecular flexibility index (Phi) is 7.78. The number of carbonyl (C=O) groups is 4. The third kappa shape index (κ3) is 4.77. The second-order valence-corrected chi connectivity index (χ2v) is 8.07. The van der Waals surface area contributed by atoms with Crippen LogP contribution in [0.15, 0.2) is 0 Å². The summed E-state index contributed by atoms with van der Waals surface area (Å²) in [5.41, 5.74) is 0.594. The number of hydrogen-bond acceptors (Lipinski definition) is 6. The molecule has 1 aliphatic rings. The Bertz CT molecular complexity index is 799. The molecule has 0 saturated heterocycles. The van der Waals surface area contributed by atoms with Crippen molar-refractivity contribution in [2.75, 3.05) is 25.5 Å². The van der Waals surface area contributed by atoms with Crippen molar-refractivity contribution in [2.24, 2.45) is 11.8 Å². The average Bonchev–Trinajstić information content (AvgIpc) is 3.03. The van der Waals surface area contributed by atoms with Gasteiger partial charge in [-0.1, -0.05) is 12.8 Å². The van der Waals surface area contributed by atoms with Gasteiger partial charge in [0, 0.05) is 13.1 Å². The minimum atomic E-state index is -0.988. The van der Waals surface area contributed by atoms with Crippen molar-refractivity contribution >= 4 is 40.1 Å². The number of esters is 1. The largest absolute Gasteiger partial charge is 0.481 e. The molecule has 1 fully saturated rings. The van der Waals surface area contributed by atoms with Crippen LogP contribution in [0.5, 0.6) is 0 Å². The first-order valence-electron chi connectivity index (χ1n) is 9.81. The van der Waals surface area contributed by atoms with Crippen LogP contribution in [0.3, 0.4) is 0 Å². The smallest absolute Gasteiger partial charge is 0.341 e. The predicted octanol–water partition coefficient (Wildman–Crippen LogP) is 3.15. The number of carbonyl (C=O) groups excluding carboxylic acids is 3. The zero-order valence-electron chi connectivity index (χ0n) is 17.2. The Morgan fingerprint density at radius 1 is 1.14 bits per heavy atom. The van der Waals surface area contributed by atoms with Crippen LogP contribution >= 0.6 is 11.3 Å². The van der Waals surface area contributed by atoms with E-state index < -0.39 is 29.7 Å². The average molecular weight is 425 g/mol. The Morgan fingerprint density at radius 3 is 2.24 bits per heavy atom. The molecule has 0 bridgehead atoms. The maximum Gasteiger partial charge on any atom is 0.341 e. The van der Waals surface area contributed by atoms with E-state index in [1.165, 1.54) is 7.11 Å². The molecule has 1 saturated carbocycles. The molecule has 0 unspecified atom stereocenters. The third-order valence-corrected chi connectivity index (χ3v) is 6.63. The summed E-state index contributed by atoms with van der Waals surface area (Å²) in [4.78, 5) is 51.6. The maximum absolute atomic E-state index is 12.9. The Morgan fingerprint density at radius 2 is 1.72 bits per heavy atom. The van der Waals surface area contributed by atoms with Crippen LogP contribution < -0.4 is 5.32 Å². The molecule has 0 aliphatic heterocycles. The highest BCUT2D eigenvalue weighted by molar-refractivity contribution is 7.18. The van der Waals surface area contributed by atoms with Gasteiger partial charge in [-0.05, 0) is 39.2 Å². The predicted molar refractivity (Wildman–Crippen MR) is 109 cm³/mol. The molecule has 1 aliphatic carbocycles. The molecule has 1 aromatic heterocycles.